The quantitative estimate of drug-likeness (QED) is 0.509. The Kier molecular flexibility index (Phi) is 5.73. The highest BCUT2D eigenvalue weighted by Crippen LogP contribution is 2.30. The number of thioether (sulfide) groups is 1. The molecule has 3 aromatic rings. The lowest BCUT2D eigenvalue weighted by Crippen LogP contribution is -2.23. The fourth-order valence-corrected chi connectivity index (χ4v) is 3.50. The van der Waals surface area contributed by atoms with E-state index in [1.165, 1.54) is 16.7 Å². The number of amides is 1. The molecule has 3 rings (SSSR count). The molecule has 0 aliphatic rings. The van der Waals surface area contributed by atoms with Gasteiger partial charge in [-0.25, -0.2) is 4.98 Å². The second-order valence-electron chi connectivity index (χ2n) is 5.88. The van der Waals surface area contributed by atoms with Gasteiger partial charge in [-0.15, -0.1) is 0 Å². The van der Waals surface area contributed by atoms with Gasteiger partial charge in [-0.3, -0.25) is 14.2 Å². The first-order chi connectivity index (χ1) is 13.3. The molecular weight excluding hydrogens is 391 g/mol. The van der Waals surface area contributed by atoms with Gasteiger partial charge in [0.05, 0.1) is 22.2 Å². The van der Waals surface area contributed by atoms with Crippen molar-refractivity contribution in [3.63, 3.8) is 0 Å². The number of carbonyl (C=O) groups is 1. The highest BCUT2D eigenvalue weighted by atomic mass is 32.2. The molecule has 2 aromatic carbocycles. The van der Waals surface area contributed by atoms with Crippen molar-refractivity contribution in [3.05, 3.63) is 64.4 Å². The molecule has 0 radical (unpaired) electrons. The van der Waals surface area contributed by atoms with Gasteiger partial charge >= 0.3 is 6.18 Å². The summed E-state index contributed by atoms with van der Waals surface area (Å²) in [6.45, 7) is 2.18. The zero-order chi connectivity index (χ0) is 20.3. The number of nitrogens with zero attached hydrogens (tertiary/aromatic N) is 2. The topological polar surface area (TPSA) is 64.0 Å². The molecule has 1 heterocycles. The fourth-order valence-electron chi connectivity index (χ4n) is 2.64. The molecule has 28 heavy (non-hydrogen) atoms. The van der Waals surface area contributed by atoms with Crippen molar-refractivity contribution < 1.29 is 18.0 Å². The van der Waals surface area contributed by atoms with Crippen LogP contribution in [0.25, 0.3) is 10.9 Å². The van der Waals surface area contributed by atoms with Crippen molar-refractivity contribution in [2.75, 3.05) is 11.1 Å². The molecule has 0 fully saturated rings. The maximum atomic E-state index is 12.8. The monoisotopic (exact) mass is 407 g/mol. The van der Waals surface area contributed by atoms with E-state index in [1.54, 1.807) is 31.2 Å². The van der Waals surface area contributed by atoms with Gasteiger partial charge in [-0.05, 0) is 37.3 Å². The predicted molar refractivity (Wildman–Crippen MR) is 102 cm³/mol. The number of hydrogen-bond donors (Lipinski definition) is 1. The molecule has 0 atom stereocenters. The standard InChI is InChI=1S/C19H16F3N3O2S/c1-2-25-17(27)14-8-3-4-9-15(14)24-18(25)28-11-16(26)23-13-7-5-6-12(10-13)19(20,21)22/h3-10H,2,11H2,1H3,(H,23,26). The predicted octanol–water partition coefficient (Wildman–Crippen LogP) is 4.17. The number of para-hydroxylation sites is 1. The molecule has 0 unspecified atom stereocenters. The number of nitrogens with one attached hydrogen (secondary N) is 1. The molecule has 9 heteroatoms. The van der Waals surface area contributed by atoms with Crippen LogP contribution in [0.4, 0.5) is 18.9 Å². The second-order valence-corrected chi connectivity index (χ2v) is 6.82. The number of alkyl halides is 3. The molecule has 1 N–H and O–H groups in total. The van der Waals surface area contributed by atoms with Crippen LogP contribution >= 0.6 is 11.8 Å². The number of fused-ring (bicyclic) bond motifs is 1. The summed E-state index contributed by atoms with van der Waals surface area (Å²) in [5.74, 6) is -0.588. The van der Waals surface area contributed by atoms with Crippen LogP contribution in [-0.2, 0) is 17.5 Å². The Morgan fingerprint density at radius 1 is 1.18 bits per heavy atom. The van der Waals surface area contributed by atoms with Crippen LogP contribution in [0.2, 0.25) is 0 Å². The first kappa shape index (κ1) is 19.9. The van der Waals surface area contributed by atoms with Gasteiger partial charge in [0.2, 0.25) is 5.91 Å². The number of hydrogen-bond acceptors (Lipinski definition) is 4. The summed E-state index contributed by atoms with van der Waals surface area (Å²) in [6.07, 6.45) is -4.48. The Bertz CT molecular complexity index is 1080. The van der Waals surface area contributed by atoms with E-state index < -0.39 is 17.6 Å². The highest BCUT2D eigenvalue weighted by molar-refractivity contribution is 7.99. The van der Waals surface area contributed by atoms with Crippen molar-refractivity contribution in [1.82, 2.24) is 9.55 Å². The minimum absolute atomic E-state index is 0.0553. The van der Waals surface area contributed by atoms with E-state index in [0.717, 1.165) is 23.9 Å². The molecule has 0 aliphatic heterocycles. The van der Waals surface area contributed by atoms with Gasteiger partial charge in [0, 0.05) is 12.2 Å². The van der Waals surface area contributed by atoms with Crippen LogP contribution in [0.15, 0.2) is 58.5 Å². The Hall–Kier alpha value is -2.81. The normalized spacial score (nSPS) is 11.6. The summed E-state index contributed by atoms with van der Waals surface area (Å²) in [5.41, 5.74) is -0.458. The first-order valence-electron chi connectivity index (χ1n) is 8.39. The van der Waals surface area contributed by atoms with E-state index >= 15 is 0 Å². The van der Waals surface area contributed by atoms with Crippen molar-refractivity contribution >= 4 is 34.3 Å². The van der Waals surface area contributed by atoms with Crippen LogP contribution in [0, 0.1) is 0 Å². The first-order valence-corrected chi connectivity index (χ1v) is 9.37. The SMILES string of the molecule is CCn1c(SCC(=O)Nc2cccc(C(F)(F)F)c2)nc2ccccc2c1=O. The summed E-state index contributed by atoms with van der Waals surface area (Å²) < 4.78 is 39.8. The number of rotatable bonds is 5. The number of carbonyl (C=O) groups excluding carboxylic acids is 1. The van der Waals surface area contributed by atoms with Crippen LogP contribution in [0.5, 0.6) is 0 Å². The Balaban J connectivity index is 1.76. The molecule has 0 spiro atoms. The number of aromatic nitrogens is 2. The summed E-state index contributed by atoms with van der Waals surface area (Å²) in [5, 5.41) is 3.31. The third-order valence-corrected chi connectivity index (χ3v) is 4.93. The van der Waals surface area contributed by atoms with E-state index in [-0.39, 0.29) is 17.0 Å². The van der Waals surface area contributed by atoms with Crippen LogP contribution < -0.4 is 10.9 Å². The van der Waals surface area contributed by atoms with Crippen molar-refractivity contribution in [3.8, 4) is 0 Å². The number of halogens is 3. The average molecular weight is 407 g/mol. The van der Waals surface area contributed by atoms with Crippen molar-refractivity contribution in [2.45, 2.75) is 24.8 Å². The lowest BCUT2D eigenvalue weighted by molar-refractivity contribution is -0.137. The molecule has 146 valence electrons. The average Bonchev–Trinajstić information content (AvgIpc) is 2.66. The summed E-state index contributed by atoms with van der Waals surface area (Å²) in [4.78, 5) is 29.1. The Morgan fingerprint density at radius 3 is 2.64 bits per heavy atom. The molecule has 0 bridgehead atoms. The van der Waals surface area contributed by atoms with Gasteiger partial charge in [0.25, 0.3) is 5.56 Å². The van der Waals surface area contributed by atoms with E-state index in [1.807, 2.05) is 0 Å². The van der Waals surface area contributed by atoms with Crippen LogP contribution in [-0.4, -0.2) is 21.2 Å². The molecule has 1 aromatic heterocycles. The molecule has 1 amide bonds. The minimum atomic E-state index is -4.48. The Labute approximate surface area is 162 Å². The largest absolute Gasteiger partial charge is 0.416 e. The molecule has 0 aliphatic carbocycles. The van der Waals surface area contributed by atoms with Crippen LogP contribution in [0.1, 0.15) is 12.5 Å². The third kappa shape index (κ3) is 4.36. The van der Waals surface area contributed by atoms with Crippen molar-refractivity contribution in [2.24, 2.45) is 0 Å². The van der Waals surface area contributed by atoms with Gasteiger partial charge < -0.3 is 5.32 Å². The second kappa shape index (κ2) is 8.05. The van der Waals surface area contributed by atoms with Gasteiger partial charge in [0.1, 0.15) is 0 Å². The molecule has 0 saturated heterocycles. The van der Waals surface area contributed by atoms with Crippen molar-refractivity contribution in [1.29, 1.82) is 0 Å². The molecule has 0 saturated carbocycles. The summed E-state index contributed by atoms with van der Waals surface area (Å²) >= 11 is 1.06. The minimum Gasteiger partial charge on any atom is -0.325 e. The Morgan fingerprint density at radius 2 is 1.93 bits per heavy atom. The summed E-state index contributed by atoms with van der Waals surface area (Å²) in [7, 11) is 0. The smallest absolute Gasteiger partial charge is 0.325 e. The van der Waals surface area contributed by atoms with Gasteiger partial charge in [-0.2, -0.15) is 13.2 Å². The van der Waals surface area contributed by atoms with E-state index in [4.69, 9.17) is 0 Å². The van der Waals surface area contributed by atoms with Gasteiger partial charge in [-0.1, -0.05) is 30.0 Å². The highest BCUT2D eigenvalue weighted by Gasteiger charge is 2.30. The van der Waals surface area contributed by atoms with Gasteiger partial charge in [0.15, 0.2) is 5.16 Å². The van der Waals surface area contributed by atoms with E-state index in [2.05, 4.69) is 10.3 Å². The molecule has 5 nitrogen and oxygen atoms in total. The molecular formula is C19H16F3N3O2S. The number of benzene rings is 2. The lowest BCUT2D eigenvalue weighted by Gasteiger charge is -2.12. The number of anilines is 1. The maximum Gasteiger partial charge on any atom is 0.416 e. The van der Waals surface area contributed by atoms with Crippen LogP contribution in [0.3, 0.4) is 0 Å². The zero-order valence-electron chi connectivity index (χ0n) is 14.8. The maximum absolute atomic E-state index is 12.8. The van der Waals surface area contributed by atoms with E-state index in [9.17, 15) is 22.8 Å². The summed E-state index contributed by atoms with van der Waals surface area (Å²) in [6, 6.07) is 11.3. The fraction of sp³-hybridized carbons (Fsp3) is 0.211. The lowest BCUT2D eigenvalue weighted by atomic mass is 10.2. The zero-order valence-corrected chi connectivity index (χ0v) is 15.6. The van der Waals surface area contributed by atoms with E-state index in [0.29, 0.717) is 22.6 Å². The third-order valence-electron chi connectivity index (χ3n) is 3.95.